The number of H-pyrrole nitrogens is 1. The number of azide groups is 1. The number of aliphatic hydroxyl groups is 3. The first-order valence-electron chi connectivity index (χ1n) is 6.42. The van der Waals surface area contributed by atoms with Gasteiger partial charge in [-0.3, -0.25) is 14.3 Å². The molecule has 1 saturated heterocycles. The molecule has 0 radical (unpaired) electrons. The number of ether oxygens (including phenoxy) is 1. The van der Waals surface area contributed by atoms with E-state index < -0.39 is 41.9 Å². The minimum absolute atomic E-state index is 0.0552. The van der Waals surface area contributed by atoms with Crippen molar-refractivity contribution in [2.45, 2.75) is 30.5 Å². The standard InChI is InChI=1S/C11H15N5O6/c12-15-13-3-2-11(5-17)8(20)7(19)9(22-11)16-4-1-6(18)14-10(16)21/h1,4,7-9,17,19-20H,2-3,5H2,(H,14,18,21)/t7?,8?,9-,11-/m1/s1. The zero-order valence-corrected chi connectivity index (χ0v) is 11.4. The van der Waals surface area contributed by atoms with E-state index in [0.717, 1.165) is 16.8 Å². The van der Waals surface area contributed by atoms with Crippen LogP contribution in [0.2, 0.25) is 0 Å². The fourth-order valence-corrected chi connectivity index (χ4v) is 2.40. The topological polar surface area (TPSA) is 174 Å². The van der Waals surface area contributed by atoms with Crippen molar-refractivity contribution in [3.05, 3.63) is 43.5 Å². The van der Waals surface area contributed by atoms with Gasteiger partial charge in [-0.25, -0.2) is 4.79 Å². The Bertz CT molecular complexity index is 695. The molecule has 2 heterocycles. The van der Waals surface area contributed by atoms with Gasteiger partial charge in [0, 0.05) is 23.7 Å². The molecule has 1 aliphatic heterocycles. The number of aliphatic hydroxyl groups excluding tert-OH is 3. The van der Waals surface area contributed by atoms with E-state index in [1.807, 2.05) is 4.98 Å². The lowest BCUT2D eigenvalue weighted by Crippen LogP contribution is -2.46. The van der Waals surface area contributed by atoms with Crippen molar-refractivity contribution >= 4 is 0 Å². The molecule has 1 aromatic heterocycles. The Kier molecular flexibility index (Phi) is 4.64. The van der Waals surface area contributed by atoms with E-state index in [2.05, 4.69) is 10.0 Å². The second-order valence-corrected chi connectivity index (χ2v) is 4.89. The third-order valence-electron chi connectivity index (χ3n) is 3.60. The van der Waals surface area contributed by atoms with E-state index in [4.69, 9.17) is 10.3 Å². The van der Waals surface area contributed by atoms with Crippen molar-refractivity contribution < 1.29 is 20.1 Å². The molecule has 11 nitrogen and oxygen atoms in total. The van der Waals surface area contributed by atoms with Gasteiger partial charge in [-0.1, -0.05) is 5.11 Å². The van der Waals surface area contributed by atoms with E-state index in [1.165, 1.54) is 0 Å². The van der Waals surface area contributed by atoms with E-state index in [0.29, 0.717) is 0 Å². The highest BCUT2D eigenvalue weighted by molar-refractivity contribution is 5.02. The van der Waals surface area contributed by atoms with Crippen molar-refractivity contribution in [3.63, 3.8) is 0 Å². The van der Waals surface area contributed by atoms with Gasteiger partial charge in [0.15, 0.2) is 6.23 Å². The van der Waals surface area contributed by atoms with Crippen molar-refractivity contribution in [2.75, 3.05) is 13.2 Å². The van der Waals surface area contributed by atoms with Crippen LogP contribution in [-0.2, 0) is 4.74 Å². The first-order valence-corrected chi connectivity index (χ1v) is 6.42. The third-order valence-corrected chi connectivity index (χ3v) is 3.60. The summed E-state index contributed by atoms with van der Waals surface area (Å²) in [6.07, 6.45) is -3.25. The molecule has 1 aliphatic rings. The summed E-state index contributed by atoms with van der Waals surface area (Å²) in [5.74, 6) is 0. The Morgan fingerprint density at radius 2 is 2.23 bits per heavy atom. The van der Waals surface area contributed by atoms with Crippen LogP contribution >= 0.6 is 0 Å². The smallest absolute Gasteiger partial charge is 0.330 e. The maximum absolute atomic E-state index is 11.7. The molecule has 4 atom stereocenters. The zero-order valence-electron chi connectivity index (χ0n) is 11.4. The van der Waals surface area contributed by atoms with Gasteiger partial charge in [-0.05, 0) is 12.0 Å². The van der Waals surface area contributed by atoms with Gasteiger partial charge in [0.05, 0.1) is 6.61 Å². The SMILES string of the molecule is [N-]=[N+]=NCC[C@]1(CO)O[C@@H](n2ccc(=O)[nH]c2=O)C(O)C1O. The van der Waals surface area contributed by atoms with Crippen molar-refractivity contribution in [3.8, 4) is 0 Å². The number of nitrogens with one attached hydrogen (secondary N) is 1. The highest BCUT2D eigenvalue weighted by atomic mass is 16.6. The summed E-state index contributed by atoms with van der Waals surface area (Å²) in [6, 6.07) is 1.06. The second-order valence-electron chi connectivity index (χ2n) is 4.89. The van der Waals surface area contributed by atoms with E-state index >= 15 is 0 Å². The molecule has 2 rings (SSSR count). The van der Waals surface area contributed by atoms with Crippen molar-refractivity contribution in [1.82, 2.24) is 9.55 Å². The number of hydrogen-bond acceptors (Lipinski definition) is 7. The van der Waals surface area contributed by atoms with Gasteiger partial charge in [0.1, 0.15) is 17.8 Å². The minimum atomic E-state index is -1.58. The van der Waals surface area contributed by atoms with Crippen LogP contribution in [0.4, 0.5) is 0 Å². The van der Waals surface area contributed by atoms with Gasteiger partial charge in [-0.15, -0.1) is 0 Å². The molecule has 120 valence electrons. The van der Waals surface area contributed by atoms with Crippen molar-refractivity contribution in [2.24, 2.45) is 5.11 Å². The summed E-state index contributed by atoms with van der Waals surface area (Å²) in [6.45, 7) is -0.727. The van der Waals surface area contributed by atoms with E-state index in [9.17, 15) is 24.9 Å². The number of aromatic nitrogens is 2. The number of nitrogens with zero attached hydrogens (tertiary/aromatic N) is 4. The normalized spacial score (nSPS) is 31.0. The second kappa shape index (κ2) is 6.30. The van der Waals surface area contributed by atoms with Gasteiger partial charge < -0.3 is 20.1 Å². The van der Waals surface area contributed by atoms with Crippen LogP contribution in [0.3, 0.4) is 0 Å². The van der Waals surface area contributed by atoms with Gasteiger partial charge >= 0.3 is 5.69 Å². The quantitative estimate of drug-likeness (QED) is 0.284. The van der Waals surface area contributed by atoms with Gasteiger partial charge in [-0.2, -0.15) is 0 Å². The molecule has 1 fully saturated rings. The molecule has 0 aliphatic carbocycles. The zero-order chi connectivity index (χ0) is 16.3. The Hall–Kier alpha value is -2.17. The number of aromatic amines is 1. The van der Waals surface area contributed by atoms with Crippen LogP contribution < -0.4 is 11.2 Å². The van der Waals surface area contributed by atoms with Crippen LogP contribution in [0.25, 0.3) is 10.4 Å². The molecule has 2 unspecified atom stereocenters. The predicted molar refractivity (Wildman–Crippen MR) is 71.9 cm³/mol. The molecule has 4 N–H and O–H groups in total. The lowest BCUT2D eigenvalue weighted by Gasteiger charge is -2.29. The highest BCUT2D eigenvalue weighted by Crippen LogP contribution is 2.38. The minimum Gasteiger partial charge on any atom is -0.393 e. The molecular formula is C11H15N5O6. The Balaban J connectivity index is 2.34. The average molecular weight is 313 g/mol. The summed E-state index contributed by atoms with van der Waals surface area (Å²) < 4.78 is 6.39. The van der Waals surface area contributed by atoms with Crippen LogP contribution in [-0.4, -0.2) is 55.8 Å². The lowest BCUT2D eigenvalue weighted by molar-refractivity contribution is -0.131. The molecule has 1 aromatic rings. The molecule has 0 spiro atoms. The summed E-state index contributed by atoms with van der Waals surface area (Å²) in [7, 11) is 0. The number of rotatable bonds is 5. The summed E-state index contributed by atoms with van der Waals surface area (Å²) in [4.78, 5) is 27.4. The Labute approximate surface area is 123 Å². The fraction of sp³-hybridized carbons (Fsp3) is 0.636. The molecule has 0 amide bonds. The predicted octanol–water partition coefficient (Wildman–Crippen LogP) is -1.78. The van der Waals surface area contributed by atoms with Crippen LogP contribution in [0.1, 0.15) is 12.6 Å². The van der Waals surface area contributed by atoms with E-state index in [-0.39, 0.29) is 13.0 Å². The first-order chi connectivity index (χ1) is 10.4. The van der Waals surface area contributed by atoms with Crippen LogP contribution in [0, 0.1) is 0 Å². The maximum atomic E-state index is 11.7. The lowest BCUT2D eigenvalue weighted by atomic mass is 9.92. The third kappa shape index (κ3) is 2.75. The summed E-state index contributed by atoms with van der Waals surface area (Å²) in [5.41, 5.74) is 5.25. The largest absolute Gasteiger partial charge is 0.393 e. The number of hydrogen-bond donors (Lipinski definition) is 4. The van der Waals surface area contributed by atoms with Crippen LogP contribution in [0.5, 0.6) is 0 Å². The molecule has 0 aromatic carbocycles. The first kappa shape index (κ1) is 16.2. The molecule has 0 bridgehead atoms. The Morgan fingerprint density at radius 3 is 2.82 bits per heavy atom. The molecule has 11 heteroatoms. The maximum Gasteiger partial charge on any atom is 0.330 e. The Morgan fingerprint density at radius 1 is 1.50 bits per heavy atom. The summed E-state index contributed by atoms with van der Waals surface area (Å²) in [5, 5.41) is 33.0. The monoisotopic (exact) mass is 313 g/mol. The van der Waals surface area contributed by atoms with Crippen LogP contribution in [0.15, 0.2) is 27.0 Å². The van der Waals surface area contributed by atoms with Gasteiger partial charge in [0.2, 0.25) is 0 Å². The summed E-state index contributed by atoms with van der Waals surface area (Å²) >= 11 is 0. The van der Waals surface area contributed by atoms with Gasteiger partial charge in [0.25, 0.3) is 5.56 Å². The molecular weight excluding hydrogens is 298 g/mol. The highest BCUT2D eigenvalue weighted by Gasteiger charge is 2.54. The average Bonchev–Trinajstić information content (AvgIpc) is 2.73. The van der Waals surface area contributed by atoms with E-state index in [1.54, 1.807) is 0 Å². The van der Waals surface area contributed by atoms with Crippen molar-refractivity contribution in [1.29, 1.82) is 0 Å². The fourth-order valence-electron chi connectivity index (χ4n) is 2.40. The molecule has 0 saturated carbocycles. The molecule has 22 heavy (non-hydrogen) atoms.